The SMILES string of the molecule is CNCCN1CCC(c2cc(C)c3nc(-c4ccc(C(C)C)cc4)[nH]c3c2)CC1. The van der Waals surface area contributed by atoms with Gasteiger partial charge in [0.05, 0.1) is 11.0 Å². The summed E-state index contributed by atoms with van der Waals surface area (Å²) in [6.45, 7) is 11.3. The van der Waals surface area contributed by atoms with Crippen molar-refractivity contribution in [1.29, 1.82) is 0 Å². The number of hydrogen-bond donors (Lipinski definition) is 2. The van der Waals surface area contributed by atoms with E-state index in [0.717, 1.165) is 30.0 Å². The molecule has 1 fully saturated rings. The Morgan fingerprint density at radius 3 is 2.52 bits per heavy atom. The van der Waals surface area contributed by atoms with Crippen molar-refractivity contribution in [2.45, 2.75) is 45.4 Å². The normalized spacial score (nSPS) is 16.2. The quantitative estimate of drug-likeness (QED) is 0.618. The number of rotatable bonds is 6. The lowest BCUT2D eigenvalue weighted by Gasteiger charge is -2.32. The van der Waals surface area contributed by atoms with Crippen molar-refractivity contribution in [3.8, 4) is 11.4 Å². The molecule has 29 heavy (non-hydrogen) atoms. The molecule has 0 atom stereocenters. The van der Waals surface area contributed by atoms with Crippen LogP contribution in [-0.2, 0) is 0 Å². The number of fused-ring (bicyclic) bond motifs is 1. The molecule has 1 aliphatic rings. The summed E-state index contributed by atoms with van der Waals surface area (Å²) >= 11 is 0. The number of benzene rings is 2. The van der Waals surface area contributed by atoms with Gasteiger partial charge >= 0.3 is 0 Å². The van der Waals surface area contributed by atoms with Crippen molar-refractivity contribution in [3.63, 3.8) is 0 Å². The highest BCUT2D eigenvalue weighted by Gasteiger charge is 2.21. The summed E-state index contributed by atoms with van der Waals surface area (Å²) < 4.78 is 0. The predicted molar refractivity (Wildman–Crippen MR) is 123 cm³/mol. The highest BCUT2D eigenvalue weighted by molar-refractivity contribution is 5.83. The largest absolute Gasteiger partial charge is 0.338 e. The van der Waals surface area contributed by atoms with Crippen molar-refractivity contribution < 1.29 is 0 Å². The predicted octanol–water partition coefficient (Wildman–Crippen LogP) is 5.06. The van der Waals surface area contributed by atoms with E-state index in [1.807, 2.05) is 7.05 Å². The summed E-state index contributed by atoms with van der Waals surface area (Å²) in [5, 5.41) is 3.26. The first kappa shape index (κ1) is 20.1. The molecule has 1 aromatic heterocycles. The summed E-state index contributed by atoms with van der Waals surface area (Å²) in [5.41, 5.74) is 7.53. The number of hydrogen-bond acceptors (Lipinski definition) is 3. The molecular weight excluding hydrogens is 356 g/mol. The van der Waals surface area contributed by atoms with Crippen LogP contribution in [0.2, 0.25) is 0 Å². The number of H-pyrrole nitrogens is 1. The van der Waals surface area contributed by atoms with E-state index in [9.17, 15) is 0 Å². The van der Waals surface area contributed by atoms with Gasteiger partial charge in [-0.25, -0.2) is 4.98 Å². The minimum atomic E-state index is 0.550. The van der Waals surface area contributed by atoms with Crippen molar-refractivity contribution in [1.82, 2.24) is 20.2 Å². The second kappa shape index (κ2) is 8.68. The molecule has 2 aromatic carbocycles. The van der Waals surface area contributed by atoms with Gasteiger partial charge in [-0.2, -0.15) is 0 Å². The van der Waals surface area contributed by atoms with Gasteiger partial charge in [-0.1, -0.05) is 44.2 Å². The van der Waals surface area contributed by atoms with Crippen LogP contribution < -0.4 is 5.32 Å². The van der Waals surface area contributed by atoms with Crippen molar-refractivity contribution in [2.75, 3.05) is 33.2 Å². The zero-order valence-corrected chi connectivity index (χ0v) is 18.3. The average Bonchev–Trinajstić information content (AvgIpc) is 3.17. The highest BCUT2D eigenvalue weighted by Crippen LogP contribution is 2.32. The molecule has 4 rings (SSSR count). The summed E-state index contributed by atoms with van der Waals surface area (Å²) in [4.78, 5) is 11.1. The minimum absolute atomic E-state index is 0.550. The molecular formula is C25H34N4. The Balaban J connectivity index is 1.55. The van der Waals surface area contributed by atoms with Crippen LogP contribution in [0.1, 0.15) is 55.2 Å². The van der Waals surface area contributed by atoms with Gasteiger partial charge in [0.2, 0.25) is 0 Å². The van der Waals surface area contributed by atoms with E-state index in [4.69, 9.17) is 4.98 Å². The monoisotopic (exact) mass is 390 g/mol. The lowest BCUT2D eigenvalue weighted by Crippen LogP contribution is -2.37. The smallest absolute Gasteiger partial charge is 0.138 e. The maximum atomic E-state index is 4.92. The lowest BCUT2D eigenvalue weighted by molar-refractivity contribution is 0.214. The number of piperidine rings is 1. The van der Waals surface area contributed by atoms with Crippen LogP contribution in [0.3, 0.4) is 0 Å². The first-order valence-electron chi connectivity index (χ1n) is 11.0. The molecule has 1 saturated heterocycles. The number of aromatic amines is 1. The van der Waals surface area contributed by atoms with E-state index >= 15 is 0 Å². The van der Waals surface area contributed by atoms with Crippen LogP contribution in [0, 0.1) is 6.92 Å². The first-order valence-corrected chi connectivity index (χ1v) is 11.0. The van der Waals surface area contributed by atoms with Gasteiger partial charge in [0.25, 0.3) is 0 Å². The van der Waals surface area contributed by atoms with Crippen LogP contribution in [0.4, 0.5) is 0 Å². The zero-order chi connectivity index (χ0) is 20.4. The molecule has 3 aromatic rings. The molecule has 0 saturated carbocycles. The Hall–Kier alpha value is -2.17. The van der Waals surface area contributed by atoms with E-state index in [2.05, 4.69) is 72.4 Å². The number of likely N-dealkylation sites (tertiary alicyclic amines) is 1. The topological polar surface area (TPSA) is 44.0 Å². The number of likely N-dealkylation sites (N-methyl/N-ethyl adjacent to an activating group) is 1. The first-order chi connectivity index (χ1) is 14.0. The van der Waals surface area contributed by atoms with E-state index in [-0.39, 0.29) is 0 Å². The third-order valence-electron chi connectivity index (χ3n) is 6.39. The Bertz CT molecular complexity index is 947. The Morgan fingerprint density at radius 1 is 1.14 bits per heavy atom. The Labute approximate surface area is 174 Å². The van der Waals surface area contributed by atoms with Crippen LogP contribution in [0.5, 0.6) is 0 Å². The highest BCUT2D eigenvalue weighted by atomic mass is 15.1. The standard InChI is InChI=1S/C25H34N4/c1-17(2)19-5-7-21(8-6-19)25-27-23-16-22(15-18(3)24(23)28-25)20-9-12-29(13-10-20)14-11-26-4/h5-8,15-17,20,26H,9-14H2,1-4H3,(H,27,28). The second-order valence-electron chi connectivity index (χ2n) is 8.82. The maximum Gasteiger partial charge on any atom is 0.138 e. The fourth-order valence-electron chi connectivity index (χ4n) is 4.48. The Morgan fingerprint density at radius 2 is 1.86 bits per heavy atom. The Kier molecular flexibility index (Phi) is 6.02. The number of imidazole rings is 1. The third-order valence-corrected chi connectivity index (χ3v) is 6.39. The number of nitrogens with zero attached hydrogens (tertiary/aromatic N) is 2. The number of aromatic nitrogens is 2. The average molecular weight is 391 g/mol. The fourth-order valence-corrected chi connectivity index (χ4v) is 4.48. The van der Waals surface area contributed by atoms with E-state index in [1.54, 1.807) is 0 Å². The van der Waals surface area contributed by atoms with Gasteiger partial charge in [0.1, 0.15) is 5.82 Å². The molecule has 4 heteroatoms. The molecule has 1 aliphatic heterocycles. The van der Waals surface area contributed by atoms with Gasteiger partial charge < -0.3 is 15.2 Å². The molecule has 4 nitrogen and oxygen atoms in total. The van der Waals surface area contributed by atoms with Gasteiger partial charge in [-0.15, -0.1) is 0 Å². The summed E-state index contributed by atoms with van der Waals surface area (Å²) in [7, 11) is 2.03. The van der Waals surface area contributed by atoms with Crippen molar-refractivity contribution in [3.05, 3.63) is 53.1 Å². The molecule has 0 amide bonds. The van der Waals surface area contributed by atoms with Crippen molar-refractivity contribution in [2.24, 2.45) is 0 Å². The summed E-state index contributed by atoms with van der Waals surface area (Å²) in [6, 6.07) is 13.5. The molecule has 0 unspecified atom stereocenters. The van der Waals surface area contributed by atoms with Gasteiger partial charge in [0.15, 0.2) is 0 Å². The molecule has 2 heterocycles. The number of nitrogens with one attached hydrogen (secondary N) is 2. The lowest BCUT2D eigenvalue weighted by atomic mass is 9.88. The van der Waals surface area contributed by atoms with Crippen LogP contribution in [0.15, 0.2) is 36.4 Å². The van der Waals surface area contributed by atoms with E-state index in [0.29, 0.717) is 11.8 Å². The molecule has 2 N–H and O–H groups in total. The fraction of sp³-hybridized carbons (Fsp3) is 0.480. The third kappa shape index (κ3) is 4.39. The van der Waals surface area contributed by atoms with E-state index < -0.39 is 0 Å². The maximum absolute atomic E-state index is 4.92. The minimum Gasteiger partial charge on any atom is -0.338 e. The molecule has 154 valence electrons. The van der Waals surface area contributed by atoms with Crippen LogP contribution >= 0.6 is 0 Å². The number of aryl methyl sites for hydroxylation is 1. The van der Waals surface area contributed by atoms with Crippen molar-refractivity contribution >= 4 is 11.0 Å². The van der Waals surface area contributed by atoms with E-state index in [1.165, 1.54) is 48.1 Å². The molecule has 0 aliphatic carbocycles. The van der Waals surface area contributed by atoms with Crippen LogP contribution in [0.25, 0.3) is 22.4 Å². The van der Waals surface area contributed by atoms with Gasteiger partial charge in [0, 0.05) is 18.7 Å². The van der Waals surface area contributed by atoms with Gasteiger partial charge in [-0.05, 0) is 74.5 Å². The van der Waals surface area contributed by atoms with Gasteiger partial charge in [-0.3, -0.25) is 0 Å². The summed E-state index contributed by atoms with van der Waals surface area (Å²) in [6.07, 6.45) is 2.48. The zero-order valence-electron chi connectivity index (χ0n) is 18.3. The van der Waals surface area contributed by atoms with Crippen LogP contribution in [-0.4, -0.2) is 48.1 Å². The molecule has 0 radical (unpaired) electrons. The molecule has 0 bridgehead atoms. The second-order valence-corrected chi connectivity index (χ2v) is 8.82. The molecule has 0 spiro atoms. The summed E-state index contributed by atoms with van der Waals surface area (Å²) in [5.74, 6) is 2.17.